The van der Waals surface area contributed by atoms with Crippen LogP contribution in [0.1, 0.15) is 33.6 Å². The molecule has 0 saturated carbocycles. The minimum Gasteiger partial charge on any atom is -0.479 e. The molecule has 92 valence electrons. The summed E-state index contributed by atoms with van der Waals surface area (Å²) in [7, 11) is 0. The molecule has 1 aliphatic rings. The van der Waals surface area contributed by atoms with Gasteiger partial charge in [-0.25, -0.2) is 10.3 Å². The number of carbonyl (C=O) groups excluding carboxylic acids is 1. The number of hydroxylamine groups is 1. The van der Waals surface area contributed by atoms with Crippen LogP contribution in [0.5, 0.6) is 0 Å². The molecule has 6 nitrogen and oxygen atoms in total. The Morgan fingerprint density at radius 3 is 2.31 bits per heavy atom. The number of rotatable bonds is 3. The molecular weight excluding hydrogens is 214 g/mol. The molecule has 1 fully saturated rings. The Balaban J connectivity index is 2.37. The Morgan fingerprint density at radius 2 is 1.88 bits per heavy atom. The quantitative estimate of drug-likeness (QED) is 0.689. The van der Waals surface area contributed by atoms with Gasteiger partial charge in [0, 0.05) is 0 Å². The number of carboxylic acids is 1. The second kappa shape index (κ2) is 4.80. The summed E-state index contributed by atoms with van der Waals surface area (Å²) in [5.41, 5.74) is 1.78. The highest BCUT2D eigenvalue weighted by atomic mass is 16.7. The molecule has 1 heterocycles. The maximum atomic E-state index is 11.5. The number of carboxylic acid groups (broad SMARTS) is 1. The highest BCUT2D eigenvalue weighted by Crippen LogP contribution is 2.20. The molecule has 6 heteroatoms. The van der Waals surface area contributed by atoms with Crippen molar-refractivity contribution in [2.75, 3.05) is 0 Å². The molecule has 0 radical (unpaired) electrons. The molecule has 0 aromatic carbocycles. The van der Waals surface area contributed by atoms with Gasteiger partial charge in [0.25, 0.3) is 5.91 Å². The lowest BCUT2D eigenvalue weighted by molar-refractivity contribution is -0.161. The van der Waals surface area contributed by atoms with Gasteiger partial charge in [0.15, 0.2) is 6.10 Å². The second-order valence-electron chi connectivity index (χ2n) is 4.71. The lowest BCUT2D eigenvalue weighted by atomic mass is 10.2. The molecule has 0 unspecified atom stereocenters. The van der Waals surface area contributed by atoms with E-state index < -0.39 is 29.7 Å². The second-order valence-corrected chi connectivity index (χ2v) is 4.71. The largest absolute Gasteiger partial charge is 0.479 e. The molecule has 1 rings (SSSR count). The van der Waals surface area contributed by atoms with Crippen LogP contribution in [0.2, 0.25) is 0 Å². The Labute approximate surface area is 93.9 Å². The van der Waals surface area contributed by atoms with Crippen LogP contribution in [-0.4, -0.2) is 34.8 Å². The van der Waals surface area contributed by atoms with Gasteiger partial charge in [0.1, 0.15) is 6.10 Å². The fraction of sp³-hybridized carbons (Fsp3) is 0.800. The van der Waals surface area contributed by atoms with Gasteiger partial charge < -0.3 is 9.84 Å². The van der Waals surface area contributed by atoms with E-state index in [9.17, 15) is 9.59 Å². The predicted molar refractivity (Wildman–Crippen MR) is 54.5 cm³/mol. The average molecular weight is 231 g/mol. The zero-order valence-corrected chi connectivity index (χ0v) is 9.65. The Bertz CT molecular complexity index is 283. The first kappa shape index (κ1) is 12.9. The highest BCUT2D eigenvalue weighted by molar-refractivity contribution is 5.81. The lowest BCUT2D eigenvalue weighted by Gasteiger charge is -2.20. The zero-order valence-electron chi connectivity index (χ0n) is 9.65. The molecule has 2 atom stereocenters. The fourth-order valence-corrected chi connectivity index (χ4v) is 1.28. The molecule has 0 aromatic rings. The van der Waals surface area contributed by atoms with Gasteiger partial charge in [-0.05, 0) is 33.6 Å². The number of hydrogen-bond donors (Lipinski definition) is 2. The van der Waals surface area contributed by atoms with Gasteiger partial charge in [0.05, 0.1) is 5.60 Å². The summed E-state index contributed by atoms with van der Waals surface area (Å²) in [6.07, 6.45) is -0.868. The van der Waals surface area contributed by atoms with Crippen molar-refractivity contribution in [1.82, 2.24) is 5.48 Å². The fourth-order valence-electron chi connectivity index (χ4n) is 1.28. The van der Waals surface area contributed by atoms with Crippen LogP contribution in [0, 0.1) is 0 Å². The molecule has 0 aliphatic carbocycles. The van der Waals surface area contributed by atoms with Crippen molar-refractivity contribution in [3.8, 4) is 0 Å². The highest BCUT2D eigenvalue weighted by Gasteiger charge is 2.35. The van der Waals surface area contributed by atoms with Gasteiger partial charge in [0.2, 0.25) is 0 Å². The van der Waals surface area contributed by atoms with Gasteiger partial charge in [-0.3, -0.25) is 9.63 Å². The van der Waals surface area contributed by atoms with Crippen molar-refractivity contribution in [3.05, 3.63) is 0 Å². The van der Waals surface area contributed by atoms with Crippen molar-refractivity contribution in [2.24, 2.45) is 0 Å². The summed E-state index contributed by atoms with van der Waals surface area (Å²) in [6, 6.07) is 0. The van der Waals surface area contributed by atoms with Crippen LogP contribution >= 0.6 is 0 Å². The van der Waals surface area contributed by atoms with Crippen molar-refractivity contribution in [1.29, 1.82) is 0 Å². The standard InChI is InChI=1S/C10H17NO5/c1-10(2,3)16-11-8(12)6-4-5-7(15-6)9(13)14/h6-7H,4-5H2,1-3H3,(H,11,12)(H,13,14)/t6-,7+/m0/s1. The monoisotopic (exact) mass is 231 g/mol. The summed E-state index contributed by atoms with van der Waals surface area (Å²) >= 11 is 0. The average Bonchev–Trinajstić information content (AvgIpc) is 2.61. The van der Waals surface area contributed by atoms with Crippen molar-refractivity contribution >= 4 is 11.9 Å². The van der Waals surface area contributed by atoms with Crippen LogP contribution in [0.3, 0.4) is 0 Å². The third kappa shape index (κ3) is 3.79. The molecular formula is C10H17NO5. The Hall–Kier alpha value is -1.14. The van der Waals surface area contributed by atoms with E-state index >= 15 is 0 Å². The van der Waals surface area contributed by atoms with Gasteiger partial charge >= 0.3 is 5.97 Å². The maximum absolute atomic E-state index is 11.5. The number of aliphatic carboxylic acids is 1. The van der Waals surface area contributed by atoms with E-state index in [2.05, 4.69) is 5.48 Å². The number of nitrogens with one attached hydrogen (secondary N) is 1. The van der Waals surface area contributed by atoms with E-state index in [-0.39, 0.29) is 0 Å². The summed E-state index contributed by atoms with van der Waals surface area (Å²) < 4.78 is 5.06. The van der Waals surface area contributed by atoms with Crippen molar-refractivity contribution < 1.29 is 24.3 Å². The summed E-state index contributed by atoms with van der Waals surface area (Å²) in [5, 5.41) is 8.68. The molecule has 0 bridgehead atoms. The third-order valence-electron chi connectivity index (χ3n) is 2.05. The normalized spacial score (nSPS) is 25.4. The van der Waals surface area contributed by atoms with Crippen molar-refractivity contribution in [2.45, 2.75) is 51.4 Å². The van der Waals surface area contributed by atoms with E-state index in [0.29, 0.717) is 12.8 Å². The predicted octanol–water partition coefficient (Wildman–Crippen LogP) is 0.465. The summed E-state index contributed by atoms with van der Waals surface area (Å²) in [5.74, 6) is -1.47. The molecule has 1 saturated heterocycles. The molecule has 0 spiro atoms. The first-order valence-electron chi connectivity index (χ1n) is 5.16. The van der Waals surface area contributed by atoms with E-state index in [1.54, 1.807) is 20.8 Å². The van der Waals surface area contributed by atoms with Gasteiger partial charge in [-0.1, -0.05) is 0 Å². The Morgan fingerprint density at radius 1 is 1.31 bits per heavy atom. The number of carbonyl (C=O) groups is 2. The van der Waals surface area contributed by atoms with E-state index in [0.717, 1.165) is 0 Å². The van der Waals surface area contributed by atoms with E-state index in [1.807, 2.05) is 0 Å². The van der Waals surface area contributed by atoms with Crippen LogP contribution in [0.4, 0.5) is 0 Å². The van der Waals surface area contributed by atoms with Crippen LogP contribution in [0.15, 0.2) is 0 Å². The van der Waals surface area contributed by atoms with Gasteiger partial charge in [-0.2, -0.15) is 0 Å². The smallest absolute Gasteiger partial charge is 0.332 e. The van der Waals surface area contributed by atoms with E-state index in [1.165, 1.54) is 0 Å². The van der Waals surface area contributed by atoms with Crippen LogP contribution < -0.4 is 5.48 Å². The van der Waals surface area contributed by atoms with Crippen molar-refractivity contribution in [3.63, 3.8) is 0 Å². The lowest BCUT2D eigenvalue weighted by Crippen LogP contribution is -2.40. The summed E-state index contributed by atoms with van der Waals surface area (Å²) in [4.78, 5) is 27.2. The molecule has 0 aromatic heterocycles. The molecule has 16 heavy (non-hydrogen) atoms. The maximum Gasteiger partial charge on any atom is 0.332 e. The van der Waals surface area contributed by atoms with E-state index in [4.69, 9.17) is 14.7 Å². The van der Waals surface area contributed by atoms with Crippen LogP contribution in [-0.2, 0) is 19.2 Å². The van der Waals surface area contributed by atoms with Crippen LogP contribution in [0.25, 0.3) is 0 Å². The summed E-state index contributed by atoms with van der Waals surface area (Å²) in [6.45, 7) is 5.38. The number of amides is 1. The minimum atomic E-state index is -1.04. The number of hydrogen-bond acceptors (Lipinski definition) is 4. The molecule has 1 aliphatic heterocycles. The SMILES string of the molecule is CC(C)(C)ONC(=O)[C@@H]1CC[C@H](C(=O)O)O1. The minimum absolute atomic E-state index is 0.350. The Kier molecular flexibility index (Phi) is 3.88. The first-order chi connectivity index (χ1) is 7.29. The zero-order chi connectivity index (χ0) is 12.3. The molecule has 1 amide bonds. The van der Waals surface area contributed by atoms with Gasteiger partial charge in [-0.15, -0.1) is 0 Å². The third-order valence-corrected chi connectivity index (χ3v) is 2.05. The first-order valence-corrected chi connectivity index (χ1v) is 5.16. The number of ether oxygens (including phenoxy) is 1. The topological polar surface area (TPSA) is 84.9 Å². The molecule has 2 N–H and O–H groups in total.